The Morgan fingerprint density at radius 2 is 2.29 bits per heavy atom. The molecule has 1 heterocycles. The summed E-state index contributed by atoms with van der Waals surface area (Å²) in [5.74, 6) is -0.0745. The molecule has 2 rings (SSSR count). The van der Waals surface area contributed by atoms with Crippen molar-refractivity contribution in [1.82, 2.24) is 0 Å². The predicted octanol–water partition coefficient (Wildman–Crippen LogP) is 3.70. The summed E-state index contributed by atoms with van der Waals surface area (Å²) in [6.07, 6.45) is 11.0. The van der Waals surface area contributed by atoms with E-state index in [0.717, 1.165) is 17.9 Å². The lowest BCUT2D eigenvalue weighted by molar-refractivity contribution is -0.289. The molecule has 1 aliphatic carbocycles. The van der Waals surface area contributed by atoms with Crippen molar-refractivity contribution in [3.05, 3.63) is 23.1 Å². The Morgan fingerprint density at radius 1 is 1.47 bits per heavy atom. The molecule has 0 amide bonds. The topological polar surface area (TPSA) is 18.5 Å². The Morgan fingerprint density at radius 3 is 3.06 bits per heavy atom. The van der Waals surface area contributed by atoms with Crippen LogP contribution in [0.3, 0.4) is 0 Å². The molecular weight excluding hydrogens is 232 g/mol. The standard InChI is InChI=1S/C14H22O2S/c1-3-4-5-8-14(2)15-10-11-9-12(17)6-7-13(11)16-14/h6-7,9,11,13,17H,3-5,8,10H2,1-2H3/t11?,13?,14-/m0/s1. The van der Waals surface area contributed by atoms with Crippen LogP contribution >= 0.6 is 12.6 Å². The average molecular weight is 254 g/mol. The highest BCUT2D eigenvalue weighted by Crippen LogP contribution is 2.34. The number of hydrogen-bond donors (Lipinski definition) is 1. The highest BCUT2D eigenvalue weighted by atomic mass is 32.1. The number of ether oxygens (including phenoxy) is 2. The maximum absolute atomic E-state index is 6.09. The summed E-state index contributed by atoms with van der Waals surface area (Å²) in [6, 6.07) is 0. The molecule has 0 aromatic rings. The van der Waals surface area contributed by atoms with Gasteiger partial charge in [0.2, 0.25) is 0 Å². The summed E-state index contributed by atoms with van der Waals surface area (Å²) in [6.45, 7) is 5.01. The van der Waals surface area contributed by atoms with Gasteiger partial charge in [-0.3, -0.25) is 0 Å². The number of hydrogen-bond acceptors (Lipinski definition) is 3. The van der Waals surface area contributed by atoms with E-state index in [1.54, 1.807) is 0 Å². The molecule has 0 saturated carbocycles. The number of thiol groups is 1. The van der Waals surface area contributed by atoms with Crippen LogP contribution in [0.5, 0.6) is 0 Å². The van der Waals surface area contributed by atoms with E-state index in [2.05, 4.69) is 38.6 Å². The van der Waals surface area contributed by atoms with Gasteiger partial charge in [0.05, 0.1) is 12.7 Å². The van der Waals surface area contributed by atoms with Gasteiger partial charge in [-0.05, 0) is 13.3 Å². The first-order valence-electron chi connectivity index (χ1n) is 6.54. The van der Waals surface area contributed by atoms with Crippen molar-refractivity contribution in [3.8, 4) is 0 Å². The fraction of sp³-hybridized carbons (Fsp3) is 0.714. The maximum Gasteiger partial charge on any atom is 0.166 e. The molecule has 2 nitrogen and oxygen atoms in total. The van der Waals surface area contributed by atoms with Crippen LogP contribution in [0.25, 0.3) is 0 Å². The second-order valence-electron chi connectivity index (χ2n) is 5.10. The normalized spacial score (nSPS) is 36.5. The molecule has 0 aromatic carbocycles. The van der Waals surface area contributed by atoms with Gasteiger partial charge in [-0.25, -0.2) is 0 Å². The van der Waals surface area contributed by atoms with Gasteiger partial charge in [0.25, 0.3) is 0 Å². The second kappa shape index (κ2) is 5.59. The fourth-order valence-electron chi connectivity index (χ4n) is 2.40. The van der Waals surface area contributed by atoms with E-state index in [1.807, 2.05) is 6.08 Å². The van der Waals surface area contributed by atoms with E-state index < -0.39 is 5.79 Å². The molecule has 0 radical (unpaired) electrons. The number of fused-ring (bicyclic) bond motifs is 1. The summed E-state index contributed by atoms with van der Waals surface area (Å²) in [5.41, 5.74) is 0. The van der Waals surface area contributed by atoms with Crippen molar-refractivity contribution in [1.29, 1.82) is 0 Å². The van der Waals surface area contributed by atoms with E-state index in [-0.39, 0.29) is 6.10 Å². The van der Waals surface area contributed by atoms with Crippen LogP contribution in [-0.4, -0.2) is 18.5 Å². The molecular formula is C14H22O2S. The summed E-state index contributed by atoms with van der Waals surface area (Å²) in [7, 11) is 0. The van der Waals surface area contributed by atoms with Crippen LogP contribution in [-0.2, 0) is 9.47 Å². The van der Waals surface area contributed by atoms with Gasteiger partial charge < -0.3 is 9.47 Å². The second-order valence-corrected chi connectivity index (χ2v) is 5.62. The van der Waals surface area contributed by atoms with Gasteiger partial charge in [0.1, 0.15) is 0 Å². The third-order valence-corrected chi connectivity index (χ3v) is 3.76. The van der Waals surface area contributed by atoms with Crippen molar-refractivity contribution in [2.75, 3.05) is 6.61 Å². The molecule has 17 heavy (non-hydrogen) atoms. The Balaban J connectivity index is 1.91. The first kappa shape index (κ1) is 13.2. The molecule has 1 aliphatic heterocycles. The fourth-order valence-corrected chi connectivity index (χ4v) is 2.67. The largest absolute Gasteiger partial charge is 0.349 e. The first-order valence-corrected chi connectivity index (χ1v) is 6.98. The summed E-state index contributed by atoms with van der Waals surface area (Å²) >= 11 is 4.35. The van der Waals surface area contributed by atoms with Gasteiger partial charge >= 0.3 is 0 Å². The minimum absolute atomic E-state index is 0.159. The number of unbranched alkanes of at least 4 members (excludes halogenated alkanes) is 2. The van der Waals surface area contributed by atoms with Crippen LogP contribution in [0.15, 0.2) is 23.1 Å². The van der Waals surface area contributed by atoms with Crippen molar-refractivity contribution in [3.63, 3.8) is 0 Å². The van der Waals surface area contributed by atoms with Crippen LogP contribution < -0.4 is 0 Å². The quantitative estimate of drug-likeness (QED) is 0.609. The Kier molecular flexibility index (Phi) is 4.34. The summed E-state index contributed by atoms with van der Waals surface area (Å²) < 4.78 is 12.0. The smallest absolute Gasteiger partial charge is 0.166 e. The van der Waals surface area contributed by atoms with E-state index in [0.29, 0.717) is 5.92 Å². The first-order chi connectivity index (χ1) is 8.13. The zero-order valence-electron chi connectivity index (χ0n) is 10.7. The zero-order valence-corrected chi connectivity index (χ0v) is 11.6. The van der Waals surface area contributed by atoms with E-state index in [9.17, 15) is 0 Å². The monoisotopic (exact) mass is 254 g/mol. The third-order valence-electron chi connectivity index (χ3n) is 3.46. The van der Waals surface area contributed by atoms with E-state index in [4.69, 9.17) is 9.47 Å². The van der Waals surface area contributed by atoms with E-state index in [1.165, 1.54) is 19.3 Å². The van der Waals surface area contributed by atoms with Gasteiger partial charge in [0, 0.05) is 17.2 Å². The van der Waals surface area contributed by atoms with E-state index >= 15 is 0 Å². The number of allylic oxidation sites excluding steroid dienone is 1. The SMILES string of the molecule is CCCCC[C@@]1(C)OCC2C=C(S)C=CC2O1. The molecule has 0 aromatic heterocycles. The molecule has 96 valence electrons. The lowest BCUT2D eigenvalue weighted by Crippen LogP contribution is -2.46. The van der Waals surface area contributed by atoms with Crippen LogP contribution in [0, 0.1) is 5.92 Å². The molecule has 1 saturated heterocycles. The van der Waals surface area contributed by atoms with Crippen molar-refractivity contribution in [2.24, 2.45) is 5.92 Å². The Hall–Kier alpha value is -0.250. The molecule has 0 spiro atoms. The van der Waals surface area contributed by atoms with Crippen molar-refractivity contribution >= 4 is 12.6 Å². The molecule has 3 heteroatoms. The number of rotatable bonds is 4. The molecule has 3 atom stereocenters. The highest BCUT2D eigenvalue weighted by molar-refractivity contribution is 7.84. The minimum atomic E-state index is -0.400. The molecule has 2 aliphatic rings. The Bertz CT molecular complexity index is 324. The lowest BCUT2D eigenvalue weighted by Gasteiger charge is -2.42. The zero-order chi connectivity index (χ0) is 12.3. The summed E-state index contributed by atoms with van der Waals surface area (Å²) in [5, 5.41) is 0. The van der Waals surface area contributed by atoms with Crippen molar-refractivity contribution < 1.29 is 9.47 Å². The van der Waals surface area contributed by atoms with Crippen LogP contribution in [0.2, 0.25) is 0 Å². The molecule has 0 N–H and O–H groups in total. The van der Waals surface area contributed by atoms with Gasteiger partial charge in [-0.1, -0.05) is 38.0 Å². The van der Waals surface area contributed by atoms with Crippen LogP contribution in [0.1, 0.15) is 39.5 Å². The van der Waals surface area contributed by atoms with Gasteiger partial charge in [0.15, 0.2) is 5.79 Å². The van der Waals surface area contributed by atoms with Gasteiger partial charge in [-0.2, -0.15) is 0 Å². The highest BCUT2D eigenvalue weighted by Gasteiger charge is 2.38. The molecule has 1 fully saturated rings. The van der Waals surface area contributed by atoms with Crippen molar-refractivity contribution in [2.45, 2.75) is 51.4 Å². The maximum atomic E-state index is 6.09. The molecule has 2 unspecified atom stereocenters. The molecule has 0 bridgehead atoms. The average Bonchev–Trinajstić information content (AvgIpc) is 2.30. The summed E-state index contributed by atoms with van der Waals surface area (Å²) in [4.78, 5) is 1.01. The lowest BCUT2D eigenvalue weighted by atomic mass is 9.95. The predicted molar refractivity (Wildman–Crippen MR) is 73.1 cm³/mol. The minimum Gasteiger partial charge on any atom is -0.349 e. The Labute approximate surface area is 109 Å². The third kappa shape index (κ3) is 3.36. The van der Waals surface area contributed by atoms with Gasteiger partial charge in [-0.15, -0.1) is 12.6 Å². The van der Waals surface area contributed by atoms with Crippen LogP contribution in [0.4, 0.5) is 0 Å².